The molecule has 0 bridgehead atoms. The van der Waals surface area contributed by atoms with Gasteiger partial charge in [-0.05, 0) is 35.9 Å². The number of amides is 1. The number of aromatic hydroxyl groups is 1. The summed E-state index contributed by atoms with van der Waals surface area (Å²) < 4.78 is 5.26. The Bertz CT molecular complexity index is 1360. The minimum absolute atomic E-state index is 0.0410. The van der Waals surface area contributed by atoms with E-state index >= 15 is 0 Å². The first-order valence-electron chi connectivity index (χ1n) is 11.1. The van der Waals surface area contributed by atoms with Crippen LogP contribution in [0.5, 0.6) is 11.5 Å². The minimum atomic E-state index is -0.0587. The molecule has 34 heavy (non-hydrogen) atoms. The van der Waals surface area contributed by atoms with E-state index in [1.807, 2.05) is 47.4 Å². The van der Waals surface area contributed by atoms with Gasteiger partial charge in [0.15, 0.2) is 17.1 Å². The number of H-pyrrole nitrogens is 1. The van der Waals surface area contributed by atoms with Crippen molar-refractivity contribution in [2.45, 2.75) is 0 Å². The van der Waals surface area contributed by atoms with Crippen LogP contribution in [0, 0.1) is 0 Å². The molecule has 4 aromatic rings. The Morgan fingerprint density at radius 2 is 1.88 bits per heavy atom. The van der Waals surface area contributed by atoms with Gasteiger partial charge in [0.1, 0.15) is 0 Å². The van der Waals surface area contributed by atoms with Gasteiger partial charge in [-0.1, -0.05) is 36.4 Å². The number of phenolic OH excluding ortho intramolecular Hbond substituents is 1. The number of rotatable bonds is 5. The predicted octanol–water partition coefficient (Wildman–Crippen LogP) is 3.55. The van der Waals surface area contributed by atoms with E-state index in [0.717, 1.165) is 24.2 Å². The van der Waals surface area contributed by atoms with Gasteiger partial charge in [-0.15, -0.1) is 0 Å². The first-order chi connectivity index (χ1) is 16.6. The van der Waals surface area contributed by atoms with Gasteiger partial charge in [0.2, 0.25) is 0 Å². The number of phenols is 1. The first kappa shape index (κ1) is 21.7. The summed E-state index contributed by atoms with van der Waals surface area (Å²) in [5.41, 5.74) is 4.06. The average Bonchev–Trinajstić information content (AvgIpc) is 3.31. The van der Waals surface area contributed by atoms with Crippen LogP contribution in [-0.2, 0) is 0 Å². The number of piperazine rings is 1. The van der Waals surface area contributed by atoms with Crippen LogP contribution in [0.3, 0.4) is 0 Å². The number of hydrogen-bond donors (Lipinski definition) is 3. The van der Waals surface area contributed by atoms with E-state index in [-0.39, 0.29) is 11.7 Å². The molecule has 1 aliphatic heterocycles. The second kappa shape index (κ2) is 9.36. The van der Waals surface area contributed by atoms with E-state index in [4.69, 9.17) is 9.72 Å². The molecule has 0 radical (unpaired) electrons. The lowest BCUT2D eigenvalue weighted by molar-refractivity contribution is 0.0737. The third kappa shape index (κ3) is 4.23. The minimum Gasteiger partial charge on any atom is -0.504 e. The standard InChI is InChI=1S/C26H25N5O3/c1-34-23-15-18(8-10-22(23)32)21-16-19(26(33)31-13-11-27-12-14-31)24-20(29-30-25(24)28-21)9-7-17-5-3-2-4-6-17/h2-10,15-16,27,32H,11-14H2,1H3,(H,28,29,30). The van der Waals surface area contributed by atoms with Crippen molar-refractivity contribution >= 4 is 29.1 Å². The maximum Gasteiger partial charge on any atom is 0.254 e. The Balaban J connectivity index is 1.64. The van der Waals surface area contributed by atoms with Crippen molar-refractivity contribution < 1.29 is 14.6 Å². The third-order valence-corrected chi connectivity index (χ3v) is 5.90. The number of ether oxygens (including phenoxy) is 1. The average molecular weight is 456 g/mol. The Labute approximate surface area is 196 Å². The molecule has 5 rings (SSSR count). The number of fused-ring (bicyclic) bond motifs is 1. The highest BCUT2D eigenvalue weighted by atomic mass is 16.5. The SMILES string of the molecule is COc1cc(-c2cc(C(=O)N3CCNCC3)c3c(C=Cc4ccccc4)n[nH]c3n2)ccc1O. The van der Waals surface area contributed by atoms with Crippen molar-refractivity contribution in [1.29, 1.82) is 0 Å². The molecule has 172 valence electrons. The van der Waals surface area contributed by atoms with Crippen LogP contribution in [0.2, 0.25) is 0 Å². The molecule has 8 heteroatoms. The van der Waals surface area contributed by atoms with Crippen LogP contribution >= 0.6 is 0 Å². The summed E-state index contributed by atoms with van der Waals surface area (Å²) in [7, 11) is 1.50. The topological polar surface area (TPSA) is 103 Å². The predicted molar refractivity (Wildman–Crippen MR) is 132 cm³/mol. The number of aromatic nitrogens is 3. The zero-order chi connectivity index (χ0) is 23.5. The quantitative estimate of drug-likeness (QED) is 0.425. The Kier molecular flexibility index (Phi) is 5.97. The van der Waals surface area contributed by atoms with Gasteiger partial charge in [0, 0.05) is 31.7 Å². The summed E-state index contributed by atoms with van der Waals surface area (Å²) in [6.45, 7) is 2.79. The fourth-order valence-corrected chi connectivity index (χ4v) is 4.11. The van der Waals surface area contributed by atoms with Crippen molar-refractivity contribution in [3.8, 4) is 22.8 Å². The number of aromatic amines is 1. The molecule has 1 aliphatic rings. The molecule has 2 aromatic carbocycles. The monoisotopic (exact) mass is 455 g/mol. The molecule has 0 spiro atoms. The largest absolute Gasteiger partial charge is 0.504 e. The van der Waals surface area contributed by atoms with Crippen LogP contribution in [-0.4, -0.2) is 64.4 Å². The number of methoxy groups -OCH3 is 1. The van der Waals surface area contributed by atoms with Crippen molar-refractivity contribution in [1.82, 2.24) is 25.4 Å². The molecular formula is C26H25N5O3. The van der Waals surface area contributed by atoms with Crippen LogP contribution in [0.4, 0.5) is 0 Å². The van der Waals surface area contributed by atoms with Crippen molar-refractivity contribution in [2.75, 3.05) is 33.3 Å². The Morgan fingerprint density at radius 3 is 2.65 bits per heavy atom. The van der Waals surface area contributed by atoms with Crippen LogP contribution < -0.4 is 10.1 Å². The fraction of sp³-hybridized carbons (Fsp3) is 0.192. The summed E-state index contributed by atoms with van der Waals surface area (Å²) in [6.07, 6.45) is 3.86. The van der Waals surface area contributed by atoms with Gasteiger partial charge in [-0.25, -0.2) is 4.98 Å². The number of nitrogens with zero attached hydrogens (tertiary/aromatic N) is 3. The summed E-state index contributed by atoms with van der Waals surface area (Å²) in [5.74, 6) is 0.321. The number of hydrogen-bond acceptors (Lipinski definition) is 6. The summed E-state index contributed by atoms with van der Waals surface area (Å²) >= 11 is 0. The normalized spacial score (nSPS) is 14.1. The summed E-state index contributed by atoms with van der Waals surface area (Å²) in [4.78, 5) is 20.2. The second-order valence-electron chi connectivity index (χ2n) is 8.06. The molecule has 0 atom stereocenters. The lowest BCUT2D eigenvalue weighted by Crippen LogP contribution is -2.46. The highest BCUT2D eigenvalue weighted by molar-refractivity contribution is 6.09. The van der Waals surface area contributed by atoms with E-state index < -0.39 is 0 Å². The van der Waals surface area contributed by atoms with Gasteiger partial charge in [-0.2, -0.15) is 5.10 Å². The van der Waals surface area contributed by atoms with E-state index in [1.165, 1.54) is 7.11 Å². The molecule has 3 heterocycles. The van der Waals surface area contributed by atoms with Crippen molar-refractivity contribution in [2.24, 2.45) is 0 Å². The molecule has 1 saturated heterocycles. The summed E-state index contributed by atoms with van der Waals surface area (Å²) in [5, 5.41) is 21.4. The van der Waals surface area contributed by atoms with Gasteiger partial charge in [0.25, 0.3) is 5.91 Å². The molecule has 8 nitrogen and oxygen atoms in total. The molecule has 2 aromatic heterocycles. The molecule has 0 saturated carbocycles. The van der Waals surface area contributed by atoms with E-state index in [0.29, 0.717) is 46.8 Å². The highest BCUT2D eigenvalue weighted by Crippen LogP contribution is 2.33. The molecule has 1 amide bonds. The number of pyridine rings is 1. The maximum absolute atomic E-state index is 13.6. The number of carbonyl (C=O) groups excluding carboxylic acids is 1. The zero-order valence-electron chi connectivity index (χ0n) is 18.8. The summed E-state index contributed by atoms with van der Waals surface area (Å²) in [6, 6.07) is 16.7. The molecule has 3 N–H and O–H groups in total. The first-order valence-corrected chi connectivity index (χ1v) is 11.1. The van der Waals surface area contributed by atoms with E-state index in [2.05, 4.69) is 15.5 Å². The smallest absolute Gasteiger partial charge is 0.254 e. The molecule has 0 aliphatic carbocycles. The Hall–Kier alpha value is -4.17. The molecular weight excluding hydrogens is 430 g/mol. The molecule has 0 unspecified atom stereocenters. The lowest BCUT2D eigenvalue weighted by Gasteiger charge is -2.27. The zero-order valence-corrected chi connectivity index (χ0v) is 18.8. The second-order valence-corrected chi connectivity index (χ2v) is 8.06. The van der Waals surface area contributed by atoms with Gasteiger partial charge >= 0.3 is 0 Å². The van der Waals surface area contributed by atoms with E-state index in [1.54, 1.807) is 24.3 Å². The Morgan fingerprint density at radius 1 is 1.09 bits per heavy atom. The number of nitrogens with one attached hydrogen (secondary N) is 2. The van der Waals surface area contributed by atoms with Crippen molar-refractivity contribution in [3.05, 3.63) is 71.4 Å². The van der Waals surface area contributed by atoms with Gasteiger partial charge < -0.3 is 20.1 Å². The van der Waals surface area contributed by atoms with Gasteiger partial charge in [-0.3, -0.25) is 9.89 Å². The van der Waals surface area contributed by atoms with Crippen LogP contribution in [0.25, 0.3) is 34.4 Å². The van der Waals surface area contributed by atoms with Crippen LogP contribution in [0.1, 0.15) is 21.6 Å². The number of benzene rings is 2. The molecule has 1 fully saturated rings. The third-order valence-electron chi connectivity index (χ3n) is 5.90. The van der Waals surface area contributed by atoms with Crippen LogP contribution in [0.15, 0.2) is 54.6 Å². The highest BCUT2D eigenvalue weighted by Gasteiger charge is 2.24. The lowest BCUT2D eigenvalue weighted by atomic mass is 10.0. The maximum atomic E-state index is 13.6. The number of carbonyl (C=O) groups is 1. The fourth-order valence-electron chi connectivity index (χ4n) is 4.11. The van der Waals surface area contributed by atoms with E-state index in [9.17, 15) is 9.90 Å². The van der Waals surface area contributed by atoms with Crippen molar-refractivity contribution in [3.63, 3.8) is 0 Å². The van der Waals surface area contributed by atoms with Gasteiger partial charge in [0.05, 0.1) is 29.4 Å².